The van der Waals surface area contributed by atoms with Crippen molar-refractivity contribution in [1.29, 1.82) is 0 Å². The summed E-state index contributed by atoms with van der Waals surface area (Å²) in [6.07, 6.45) is 9.87. The highest BCUT2D eigenvalue weighted by atomic mass is 127. The summed E-state index contributed by atoms with van der Waals surface area (Å²) in [6.45, 7) is 17.0. The fraction of sp³-hybridized carbons (Fsp3) is 0.833. The fourth-order valence-electron chi connectivity index (χ4n) is 2.36. The molecule has 0 saturated carbocycles. The number of nitrogens with zero attached hydrogens (tertiary/aromatic N) is 1. The predicted octanol–water partition coefficient (Wildman–Crippen LogP) is 5.89. The molecule has 0 spiro atoms. The molecule has 0 heterocycles. The molecule has 0 unspecified atom stereocenters. The number of rotatable bonds is 13. The quantitative estimate of drug-likeness (QED) is 0.215. The highest BCUT2D eigenvalue weighted by Crippen LogP contribution is 2.35. The van der Waals surface area contributed by atoms with Crippen molar-refractivity contribution in [2.45, 2.75) is 66.2 Å². The maximum absolute atomic E-state index is 4.26. The van der Waals surface area contributed by atoms with Gasteiger partial charge in [0.1, 0.15) is 0 Å². The molecule has 0 aromatic rings. The molecule has 0 aliphatic rings. The first-order valence-corrected chi connectivity index (χ1v) is 9.89. The van der Waals surface area contributed by atoms with Crippen molar-refractivity contribution in [3.05, 3.63) is 18.6 Å². The van der Waals surface area contributed by atoms with Crippen LogP contribution in [0.4, 0.5) is 0 Å². The van der Waals surface area contributed by atoms with E-state index >= 15 is 0 Å². The molecule has 0 aliphatic carbocycles. The molecular formula is C18H35IN-. The second-order valence-electron chi connectivity index (χ2n) is 5.95. The molecule has 0 bridgehead atoms. The second kappa shape index (κ2) is 11.9. The maximum atomic E-state index is 4.26. The van der Waals surface area contributed by atoms with Crippen LogP contribution in [0.15, 0.2) is 12.2 Å². The summed E-state index contributed by atoms with van der Waals surface area (Å²) in [5, 5.41) is 0. The Bertz CT molecular complexity index is 238. The van der Waals surface area contributed by atoms with Crippen molar-refractivity contribution >= 4 is 22.6 Å². The van der Waals surface area contributed by atoms with E-state index in [-0.39, 0.29) is 0 Å². The van der Waals surface area contributed by atoms with Crippen LogP contribution in [0, 0.1) is 11.8 Å². The third kappa shape index (κ3) is 7.92. The average molecular weight is 392 g/mol. The summed E-state index contributed by atoms with van der Waals surface area (Å²) in [4.78, 5) is 2.55. The number of alkyl halides is 1. The van der Waals surface area contributed by atoms with Gasteiger partial charge in [-0.25, -0.2) is 18.6 Å². The molecule has 1 nitrogen and oxygen atoms in total. The number of halogens is 1. The minimum Gasteiger partial charge on any atom is -0.303 e. The molecule has 0 saturated heterocycles. The second-order valence-corrected chi connectivity index (χ2v) is 6.71. The van der Waals surface area contributed by atoms with Crippen LogP contribution < -0.4 is 0 Å². The topological polar surface area (TPSA) is 3.24 Å². The van der Waals surface area contributed by atoms with E-state index in [0.29, 0.717) is 5.41 Å². The lowest BCUT2D eigenvalue weighted by Crippen LogP contribution is -2.26. The fourth-order valence-corrected chi connectivity index (χ4v) is 3.75. The van der Waals surface area contributed by atoms with Gasteiger partial charge in [-0.1, -0.05) is 76.0 Å². The Hall–Kier alpha value is 0.300. The summed E-state index contributed by atoms with van der Waals surface area (Å²) in [6, 6.07) is 0. The first-order chi connectivity index (χ1) is 9.57. The predicted molar refractivity (Wildman–Crippen MR) is 102 cm³/mol. The Labute approximate surface area is 141 Å². The van der Waals surface area contributed by atoms with Crippen LogP contribution in [0.2, 0.25) is 0 Å². The van der Waals surface area contributed by atoms with E-state index in [1.807, 2.05) is 0 Å². The van der Waals surface area contributed by atoms with Crippen LogP contribution in [0.5, 0.6) is 0 Å². The molecule has 0 fully saturated rings. The van der Waals surface area contributed by atoms with Gasteiger partial charge in [0.05, 0.1) is 0 Å². The lowest BCUT2D eigenvalue weighted by atomic mass is 9.79. The molecule has 0 radical (unpaired) electrons. The zero-order valence-corrected chi connectivity index (χ0v) is 16.3. The first kappa shape index (κ1) is 20.3. The average Bonchev–Trinajstić information content (AvgIpc) is 2.49. The van der Waals surface area contributed by atoms with Gasteiger partial charge in [0.25, 0.3) is 0 Å². The van der Waals surface area contributed by atoms with Gasteiger partial charge in [0.2, 0.25) is 0 Å². The van der Waals surface area contributed by atoms with Crippen LogP contribution in [0.3, 0.4) is 0 Å². The van der Waals surface area contributed by atoms with Crippen molar-refractivity contribution in [2.24, 2.45) is 5.41 Å². The Morgan fingerprint density at radius 3 is 2.25 bits per heavy atom. The SMILES string of the molecule is C=C([CH-]CC(CC)(CC)CI)CCN(CC)CCCC. The normalized spacial score (nSPS) is 11.9. The van der Waals surface area contributed by atoms with Gasteiger partial charge >= 0.3 is 0 Å². The zero-order chi connectivity index (χ0) is 15.4. The highest BCUT2D eigenvalue weighted by molar-refractivity contribution is 14.1. The third-order valence-corrected chi connectivity index (χ3v) is 6.25. The van der Waals surface area contributed by atoms with Crippen LogP contribution in [0.1, 0.15) is 66.2 Å². The lowest BCUT2D eigenvalue weighted by Gasteiger charge is -2.33. The Balaban J connectivity index is 4.04. The van der Waals surface area contributed by atoms with E-state index in [1.54, 1.807) is 0 Å². The van der Waals surface area contributed by atoms with Crippen LogP contribution >= 0.6 is 22.6 Å². The standard InChI is InChI=1S/C18H35IN/c1-6-10-14-20(9-4)15-12-17(5)11-13-18(7-2,8-3)16-19/h11H,5-10,12-16H2,1-4H3/q-1. The molecular weight excluding hydrogens is 357 g/mol. The molecule has 2 heteroatoms. The van der Waals surface area contributed by atoms with Gasteiger partial charge < -0.3 is 4.90 Å². The van der Waals surface area contributed by atoms with Gasteiger partial charge in [0.15, 0.2) is 0 Å². The van der Waals surface area contributed by atoms with Gasteiger partial charge in [-0.15, -0.1) is 0 Å². The summed E-state index contributed by atoms with van der Waals surface area (Å²) in [5.41, 5.74) is 1.83. The molecule has 0 aromatic heterocycles. The third-order valence-electron chi connectivity index (χ3n) is 4.63. The van der Waals surface area contributed by atoms with Gasteiger partial charge in [-0.05, 0) is 37.9 Å². The van der Waals surface area contributed by atoms with Crippen molar-refractivity contribution in [2.75, 3.05) is 24.1 Å². The molecule has 0 N–H and O–H groups in total. The lowest BCUT2D eigenvalue weighted by molar-refractivity contribution is 0.284. The number of hydrogen-bond acceptors (Lipinski definition) is 1. The largest absolute Gasteiger partial charge is 0.303 e. The minimum absolute atomic E-state index is 0.496. The van der Waals surface area contributed by atoms with Crippen LogP contribution in [-0.4, -0.2) is 29.0 Å². The summed E-state index contributed by atoms with van der Waals surface area (Å²) in [7, 11) is 0. The molecule has 120 valence electrons. The molecule has 0 amide bonds. The molecule has 0 atom stereocenters. The molecule has 0 rings (SSSR count). The van der Waals surface area contributed by atoms with Crippen LogP contribution in [-0.2, 0) is 0 Å². The molecule has 20 heavy (non-hydrogen) atoms. The monoisotopic (exact) mass is 392 g/mol. The Morgan fingerprint density at radius 2 is 1.80 bits per heavy atom. The van der Waals surface area contributed by atoms with Crippen molar-refractivity contribution in [3.63, 3.8) is 0 Å². The van der Waals surface area contributed by atoms with E-state index in [9.17, 15) is 0 Å². The Morgan fingerprint density at radius 1 is 1.15 bits per heavy atom. The van der Waals surface area contributed by atoms with E-state index in [0.717, 1.165) is 13.0 Å². The first-order valence-electron chi connectivity index (χ1n) is 8.36. The number of hydrogen-bond donors (Lipinski definition) is 0. The molecule has 0 aromatic carbocycles. The number of unbranched alkanes of at least 4 members (excludes halogenated alkanes) is 1. The van der Waals surface area contributed by atoms with Gasteiger partial charge in [-0.2, -0.15) is 0 Å². The van der Waals surface area contributed by atoms with Crippen molar-refractivity contribution in [3.8, 4) is 0 Å². The highest BCUT2D eigenvalue weighted by Gasteiger charge is 2.21. The van der Waals surface area contributed by atoms with Gasteiger partial charge in [-0.3, -0.25) is 0 Å². The Kier molecular flexibility index (Phi) is 12.1. The van der Waals surface area contributed by atoms with Crippen LogP contribution in [0.25, 0.3) is 0 Å². The van der Waals surface area contributed by atoms with E-state index in [1.165, 1.54) is 55.2 Å². The van der Waals surface area contributed by atoms with E-state index in [2.05, 4.69) is 68.2 Å². The minimum atomic E-state index is 0.496. The summed E-state index contributed by atoms with van der Waals surface area (Å²) >= 11 is 2.54. The van der Waals surface area contributed by atoms with Gasteiger partial charge in [0, 0.05) is 4.43 Å². The summed E-state index contributed by atoms with van der Waals surface area (Å²) in [5.74, 6) is 0. The van der Waals surface area contributed by atoms with E-state index in [4.69, 9.17) is 0 Å². The zero-order valence-electron chi connectivity index (χ0n) is 14.2. The smallest absolute Gasteiger partial charge is 0.00406 e. The maximum Gasteiger partial charge on any atom is 0.00406 e. The van der Waals surface area contributed by atoms with Crippen molar-refractivity contribution in [1.82, 2.24) is 4.90 Å². The van der Waals surface area contributed by atoms with E-state index < -0.39 is 0 Å². The summed E-state index contributed by atoms with van der Waals surface area (Å²) < 4.78 is 1.25. The van der Waals surface area contributed by atoms with Crippen molar-refractivity contribution < 1.29 is 0 Å². The molecule has 0 aliphatic heterocycles.